The normalized spacial score (nSPS) is 17.0. The Hall–Kier alpha value is -1.23. The van der Waals surface area contributed by atoms with E-state index in [1.807, 2.05) is 19.2 Å². The summed E-state index contributed by atoms with van der Waals surface area (Å²) >= 11 is 12.7. The number of benzene rings is 2. The topological polar surface area (TPSA) is 93.9 Å². The Morgan fingerprint density at radius 3 is 2.71 bits per heavy atom. The Morgan fingerprint density at radius 1 is 1.16 bits per heavy atom. The highest BCUT2D eigenvalue weighted by atomic mass is 35.5. The summed E-state index contributed by atoms with van der Waals surface area (Å²) in [5.74, 6) is -0.0361. The molecule has 1 aliphatic heterocycles. The molecule has 0 saturated heterocycles. The quantitative estimate of drug-likeness (QED) is 0.395. The predicted octanol–water partition coefficient (Wildman–Crippen LogP) is 2.80. The third-order valence-electron chi connectivity index (χ3n) is 5.09. The highest BCUT2D eigenvalue weighted by molar-refractivity contribution is 7.89. The molecule has 7 nitrogen and oxygen atoms in total. The molecule has 0 fully saturated rings. The van der Waals surface area contributed by atoms with Crippen LogP contribution in [0.25, 0.3) is 0 Å². The minimum Gasteiger partial charge on any atom is -0.378 e. The van der Waals surface area contributed by atoms with Crippen LogP contribution in [0.5, 0.6) is 0 Å². The smallest absolute Gasteiger partial charge is 0.240 e. The molecule has 10 heteroatoms. The van der Waals surface area contributed by atoms with Gasteiger partial charge in [0.25, 0.3) is 0 Å². The van der Waals surface area contributed by atoms with Gasteiger partial charge in [0.1, 0.15) is 0 Å². The van der Waals surface area contributed by atoms with Crippen LogP contribution in [0.4, 0.5) is 0 Å². The van der Waals surface area contributed by atoms with Crippen molar-refractivity contribution in [2.75, 3.05) is 46.7 Å². The Balaban J connectivity index is 1.75. The van der Waals surface area contributed by atoms with E-state index in [-0.39, 0.29) is 30.7 Å². The van der Waals surface area contributed by atoms with Gasteiger partial charge in [-0.25, -0.2) is 13.1 Å². The molecule has 0 unspecified atom stereocenters. The average Bonchev–Trinajstić information content (AvgIpc) is 2.73. The molecule has 2 aromatic rings. The van der Waals surface area contributed by atoms with Crippen LogP contribution in [0.1, 0.15) is 22.6 Å². The highest BCUT2D eigenvalue weighted by Gasteiger charge is 2.28. The van der Waals surface area contributed by atoms with Crippen molar-refractivity contribution in [3.63, 3.8) is 0 Å². The first kappa shape index (κ1) is 24.4. The minimum absolute atomic E-state index is 0.0361. The Labute approximate surface area is 193 Å². The van der Waals surface area contributed by atoms with Crippen molar-refractivity contribution in [1.82, 2.24) is 9.62 Å². The fourth-order valence-corrected chi connectivity index (χ4v) is 5.30. The van der Waals surface area contributed by atoms with E-state index in [0.717, 1.165) is 29.8 Å². The van der Waals surface area contributed by atoms with E-state index >= 15 is 0 Å². The number of ether oxygens (including phenoxy) is 2. The predicted molar refractivity (Wildman–Crippen MR) is 122 cm³/mol. The zero-order chi connectivity index (χ0) is 22.4. The van der Waals surface area contributed by atoms with Crippen LogP contribution in [0.15, 0.2) is 41.3 Å². The number of hydrogen-bond acceptors (Lipinski definition) is 6. The molecule has 0 radical (unpaired) electrons. The Morgan fingerprint density at radius 2 is 1.94 bits per heavy atom. The number of halogens is 2. The second kappa shape index (κ2) is 11.1. The molecule has 0 aliphatic carbocycles. The molecule has 0 bridgehead atoms. The standard InChI is InChI=1S/C21H27Cl2N3O4S/c1-26-12-19(18-10-16(22)11-21(23)20(18)13-26)15-3-2-4-17(9-15)31(27,28)25-5-6-29-7-8-30-14-24/h2-4,9-11,19,25H,5-8,12-14,24H2,1H3/t19-/m0/s1. The summed E-state index contributed by atoms with van der Waals surface area (Å²) < 4.78 is 38.4. The van der Waals surface area contributed by atoms with Crippen molar-refractivity contribution < 1.29 is 17.9 Å². The molecule has 1 aliphatic rings. The van der Waals surface area contributed by atoms with Gasteiger partial charge in [-0.1, -0.05) is 35.3 Å². The average molecular weight is 488 g/mol. The molecular formula is C21H27Cl2N3O4S. The molecule has 170 valence electrons. The van der Waals surface area contributed by atoms with Crippen molar-refractivity contribution in [3.8, 4) is 0 Å². The van der Waals surface area contributed by atoms with Crippen LogP contribution in [0.3, 0.4) is 0 Å². The maximum Gasteiger partial charge on any atom is 0.240 e. The first-order chi connectivity index (χ1) is 14.8. The van der Waals surface area contributed by atoms with Gasteiger partial charge in [-0.15, -0.1) is 0 Å². The summed E-state index contributed by atoms with van der Waals surface area (Å²) in [5.41, 5.74) is 8.17. The summed E-state index contributed by atoms with van der Waals surface area (Å²) in [6.07, 6.45) is 0. The van der Waals surface area contributed by atoms with Crippen LogP contribution >= 0.6 is 23.2 Å². The van der Waals surface area contributed by atoms with Gasteiger partial charge in [0.2, 0.25) is 10.0 Å². The molecule has 2 aromatic carbocycles. The second-order valence-corrected chi connectivity index (χ2v) is 9.97. The van der Waals surface area contributed by atoms with Crippen LogP contribution in [0.2, 0.25) is 10.0 Å². The number of likely N-dealkylation sites (N-methyl/N-ethyl adjacent to an activating group) is 1. The van der Waals surface area contributed by atoms with E-state index in [1.165, 1.54) is 0 Å². The van der Waals surface area contributed by atoms with E-state index in [9.17, 15) is 8.42 Å². The number of nitrogens with two attached hydrogens (primary N) is 1. The van der Waals surface area contributed by atoms with Crippen molar-refractivity contribution >= 4 is 33.2 Å². The summed E-state index contributed by atoms with van der Waals surface area (Å²) in [5, 5.41) is 1.20. The van der Waals surface area contributed by atoms with Gasteiger partial charge in [-0.2, -0.15) is 0 Å². The van der Waals surface area contributed by atoms with E-state index in [2.05, 4.69) is 9.62 Å². The number of fused-ring (bicyclic) bond motifs is 1. The SMILES string of the molecule is CN1Cc2c(Cl)cc(Cl)cc2[C@H](c2cccc(S(=O)(=O)NCCOCCOCN)c2)C1. The molecule has 3 rings (SSSR count). The zero-order valence-electron chi connectivity index (χ0n) is 17.3. The molecule has 1 atom stereocenters. The molecule has 0 amide bonds. The van der Waals surface area contributed by atoms with Crippen LogP contribution < -0.4 is 10.5 Å². The molecular weight excluding hydrogens is 461 g/mol. The van der Waals surface area contributed by atoms with Gasteiger partial charge in [0, 0.05) is 35.6 Å². The maximum absolute atomic E-state index is 12.8. The molecule has 0 saturated carbocycles. The van der Waals surface area contributed by atoms with Gasteiger partial charge in [-0.3, -0.25) is 0 Å². The fraction of sp³-hybridized carbons (Fsp3) is 0.429. The van der Waals surface area contributed by atoms with Crippen LogP contribution in [-0.4, -0.2) is 60.0 Å². The monoisotopic (exact) mass is 487 g/mol. The van der Waals surface area contributed by atoms with Gasteiger partial charge in [0.15, 0.2) is 0 Å². The van der Waals surface area contributed by atoms with Crippen molar-refractivity contribution in [1.29, 1.82) is 0 Å². The lowest BCUT2D eigenvalue weighted by Crippen LogP contribution is -2.31. The number of sulfonamides is 1. The second-order valence-electron chi connectivity index (χ2n) is 7.36. The van der Waals surface area contributed by atoms with Gasteiger partial charge >= 0.3 is 0 Å². The molecule has 31 heavy (non-hydrogen) atoms. The Kier molecular flexibility index (Phi) is 8.72. The summed E-state index contributed by atoms with van der Waals surface area (Å²) in [7, 11) is -1.66. The van der Waals surface area contributed by atoms with Gasteiger partial charge < -0.3 is 20.1 Å². The fourth-order valence-electron chi connectivity index (χ4n) is 3.66. The summed E-state index contributed by atoms with van der Waals surface area (Å²) in [6, 6.07) is 10.6. The number of hydrogen-bond donors (Lipinski definition) is 2. The minimum atomic E-state index is -3.67. The maximum atomic E-state index is 12.8. The van der Waals surface area contributed by atoms with Crippen LogP contribution in [-0.2, 0) is 26.0 Å². The summed E-state index contributed by atoms with van der Waals surface area (Å²) in [6.45, 7) is 2.72. The highest BCUT2D eigenvalue weighted by Crippen LogP contribution is 2.38. The van der Waals surface area contributed by atoms with Gasteiger partial charge in [0.05, 0.1) is 31.4 Å². The summed E-state index contributed by atoms with van der Waals surface area (Å²) in [4.78, 5) is 2.37. The van der Waals surface area contributed by atoms with E-state index in [4.69, 9.17) is 38.4 Å². The lowest BCUT2D eigenvalue weighted by atomic mass is 9.85. The van der Waals surface area contributed by atoms with Crippen molar-refractivity contribution in [3.05, 3.63) is 63.1 Å². The van der Waals surface area contributed by atoms with E-state index in [0.29, 0.717) is 23.3 Å². The lowest BCUT2D eigenvalue weighted by molar-refractivity contribution is 0.0526. The molecule has 3 N–H and O–H groups in total. The van der Waals surface area contributed by atoms with Crippen LogP contribution in [0, 0.1) is 0 Å². The third-order valence-corrected chi connectivity index (χ3v) is 7.11. The third kappa shape index (κ3) is 6.40. The van der Waals surface area contributed by atoms with E-state index < -0.39 is 10.0 Å². The number of nitrogens with zero attached hydrogens (tertiary/aromatic N) is 1. The molecule has 1 heterocycles. The van der Waals surface area contributed by atoms with Gasteiger partial charge in [-0.05, 0) is 48.0 Å². The number of rotatable bonds is 10. The van der Waals surface area contributed by atoms with E-state index in [1.54, 1.807) is 24.3 Å². The molecule has 0 spiro atoms. The first-order valence-electron chi connectivity index (χ1n) is 9.93. The van der Waals surface area contributed by atoms with Crippen molar-refractivity contribution in [2.24, 2.45) is 5.73 Å². The number of nitrogens with one attached hydrogen (secondary N) is 1. The van der Waals surface area contributed by atoms with Crippen molar-refractivity contribution in [2.45, 2.75) is 17.4 Å². The zero-order valence-corrected chi connectivity index (χ0v) is 19.6. The largest absolute Gasteiger partial charge is 0.378 e. The first-order valence-corrected chi connectivity index (χ1v) is 12.2. The lowest BCUT2D eigenvalue weighted by Gasteiger charge is -2.33. The Bertz CT molecular complexity index is 1000. The molecule has 0 aromatic heterocycles.